The Kier molecular flexibility index (Phi) is 5.68. The Morgan fingerprint density at radius 1 is 1.45 bits per heavy atom. The molecule has 3 nitrogen and oxygen atoms in total. The van der Waals surface area contributed by atoms with Gasteiger partial charge in [0.05, 0.1) is 8.68 Å². The van der Waals surface area contributed by atoms with E-state index in [-0.39, 0.29) is 0 Å². The molecule has 2 rings (SSSR count). The maximum Gasteiger partial charge on any atom is 0.241 e. The average molecular weight is 380 g/mol. The summed E-state index contributed by atoms with van der Waals surface area (Å²) in [6.07, 6.45) is 6.05. The van der Waals surface area contributed by atoms with Crippen LogP contribution in [0, 0.1) is 18.8 Å². The van der Waals surface area contributed by atoms with Crippen LogP contribution in [-0.2, 0) is 10.0 Å². The third-order valence-electron chi connectivity index (χ3n) is 4.02. The fourth-order valence-electron chi connectivity index (χ4n) is 2.99. The van der Waals surface area contributed by atoms with Gasteiger partial charge in [-0.25, -0.2) is 13.1 Å². The summed E-state index contributed by atoms with van der Waals surface area (Å²) in [5, 5.41) is 0. The maximum absolute atomic E-state index is 12.2. The summed E-state index contributed by atoms with van der Waals surface area (Å²) >= 11 is 4.79. The van der Waals surface area contributed by atoms with Gasteiger partial charge in [-0.1, -0.05) is 26.2 Å². The zero-order valence-electron chi connectivity index (χ0n) is 12.0. The first-order valence-electron chi connectivity index (χ1n) is 7.14. The largest absolute Gasteiger partial charge is 0.241 e. The second-order valence-electron chi connectivity index (χ2n) is 5.80. The molecule has 1 aromatic heterocycles. The van der Waals surface area contributed by atoms with Gasteiger partial charge in [-0.15, -0.1) is 11.3 Å². The van der Waals surface area contributed by atoms with Crippen molar-refractivity contribution < 1.29 is 8.42 Å². The molecule has 1 aliphatic carbocycles. The van der Waals surface area contributed by atoms with E-state index in [4.69, 9.17) is 0 Å². The van der Waals surface area contributed by atoms with E-state index in [0.717, 1.165) is 21.0 Å². The second kappa shape index (κ2) is 6.90. The zero-order valence-corrected chi connectivity index (χ0v) is 15.2. The molecular formula is C14H22BrNO2S2. The molecule has 1 saturated carbocycles. The molecule has 1 N–H and O–H groups in total. The molecule has 0 saturated heterocycles. The Morgan fingerprint density at radius 3 is 2.80 bits per heavy atom. The molecule has 1 aromatic rings. The lowest BCUT2D eigenvalue weighted by atomic mass is 9.81. The first kappa shape index (κ1) is 16.5. The van der Waals surface area contributed by atoms with Crippen LogP contribution in [-0.4, -0.2) is 15.0 Å². The van der Waals surface area contributed by atoms with Gasteiger partial charge in [-0.05, 0) is 53.6 Å². The van der Waals surface area contributed by atoms with Crippen molar-refractivity contribution in [2.75, 3.05) is 6.54 Å². The van der Waals surface area contributed by atoms with Crippen LogP contribution in [0.2, 0.25) is 0 Å². The van der Waals surface area contributed by atoms with Crippen molar-refractivity contribution in [3.8, 4) is 0 Å². The summed E-state index contributed by atoms with van der Waals surface area (Å²) in [4.78, 5) is 1.24. The maximum atomic E-state index is 12.2. The van der Waals surface area contributed by atoms with Crippen molar-refractivity contribution in [1.29, 1.82) is 0 Å². The minimum absolute atomic E-state index is 0.409. The Balaban J connectivity index is 1.88. The number of hydrogen-bond donors (Lipinski definition) is 1. The van der Waals surface area contributed by atoms with Gasteiger partial charge >= 0.3 is 0 Å². The highest BCUT2D eigenvalue weighted by molar-refractivity contribution is 9.11. The molecule has 0 amide bonds. The fraction of sp³-hybridized carbons (Fsp3) is 0.714. The lowest BCUT2D eigenvalue weighted by Gasteiger charge is -2.26. The van der Waals surface area contributed by atoms with Gasteiger partial charge in [0, 0.05) is 11.4 Å². The zero-order chi connectivity index (χ0) is 14.8. The molecule has 6 heteroatoms. The van der Waals surface area contributed by atoms with Gasteiger partial charge in [0.2, 0.25) is 10.0 Å². The molecule has 20 heavy (non-hydrogen) atoms. The Bertz CT molecular complexity index is 554. The van der Waals surface area contributed by atoms with Crippen molar-refractivity contribution in [1.82, 2.24) is 4.72 Å². The molecule has 0 bridgehead atoms. The van der Waals surface area contributed by atoms with E-state index in [1.54, 1.807) is 6.07 Å². The van der Waals surface area contributed by atoms with Crippen LogP contribution in [0.1, 0.15) is 43.9 Å². The first-order valence-corrected chi connectivity index (χ1v) is 10.2. The molecule has 0 aromatic carbocycles. The van der Waals surface area contributed by atoms with Crippen molar-refractivity contribution in [2.24, 2.45) is 11.8 Å². The van der Waals surface area contributed by atoms with E-state index in [9.17, 15) is 8.42 Å². The minimum Gasteiger partial charge on any atom is -0.211 e. The van der Waals surface area contributed by atoms with Crippen LogP contribution < -0.4 is 4.72 Å². The highest BCUT2D eigenvalue weighted by atomic mass is 79.9. The van der Waals surface area contributed by atoms with Crippen molar-refractivity contribution in [3.63, 3.8) is 0 Å². The van der Waals surface area contributed by atoms with E-state index in [1.165, 1.54) is 37.0 Å². The number of sulfonamides is 1. The fourth-order valence-corrected chi connectivity index (χ4v) is 6.45. The van der Waals surface area contributed by atoms with Crippen molar-refractivity contribution in [2.45, 2.75) is 50.8 Å². The highest BCUT2D eigenvalue weighted by Gasteiger charge is 2.21. The van der Waals surface area contributed by atoms with Crippen LogP contribution in [0.25, 0.3) is 0 Å². The summed E-state index contributed by atoms with van der Waals surface area (Å²) < 4.78 is 28.1. The van der Waals surface area contributed by atoms with Gasteiger partial charge in [0.25, 0.3) is 0 Å². The van der Waals surface area contributed by atoms with Gasteiger partial charge < -0.3 is 0 Å². The Labute approximate surface area is 134 Å². The third kappa shape index (κ3) is 4.29. The van der Waals surface area contributed by atoms with Gasteiger partial charge in [-0.3, -0.25) is 0 Å². The molecule has 0 spiro atoms. The van der Waals surface area contributed by atoms with Gasteiger partial charge in [-0.2, -0.15) is 0 Å². The lowest BCUT2D eigenvalue weighted by Crippen LogP contribution is -2.27. The molecular weight excluding hydrogens is 358 g/mol. The topological polar surface area (TPSA) is 46.2 Å². The SMILES string of the molecule is Cc1sc(Br)cc1S(=O)(=O)NCCC1CCCC(C)C1. The minimum atomic E-state index is -3.35. The number of halogens is 1. The van der Waals surface area contributed by atoms with Crippen LogP contribution in [0.3, 0.4) is 0 Å². The molecule has 0 aliphatic heterocycles. The Hall–Kier alpha value is 0.0900. The normalized spacial score (nSPS) is 23.9. The monoisotopic (exact) mass is 379 g/mol. The first-order chi connectivity index (χ1) is 9.38. The molecule has 0 radical (unpaired) electrons. The van der Waals surface area contributed by atoms with Gasteiger partial charge in [0.15, 0.2) is 0 Å². The quantitative estimate of drug-likeness (QED) is 0.827. The van der Waals surface area contributed by atoms with Crippen molar-refractivity contribution in [3.05, 3.63) is 14.7 Å². The second-order valence-corrected chi connectivity index (χ2v) is 10.2. The molecule has 114 valence electrons. The highest BCUT2D eigenvalue weighted by Crippen LogP contribution is 2.31. The van der Waals surface area contributed by atoms with Crippen LogP contribution in [0.4, 0.5) is 0 Å². The van der Waals surface area contributed by atoms with Crippen LogP contribution >= 0.6 is 27.3 Å². The summed E-state index contributed by atoms with van der Waals surface area (Å²) in [7, 11) is -3.35. The molecule has 2 unspecified atom stereocenters. The molecule has 1 fully saturated rings. The lowest BCUT2D eigenvalue weighted by molar-refractivity contribution is 0.271. The van der Waals surface area contributed by atoms with E-state index < -0.39 is 10.0 Å². The number of nitrogens with one attached hydrogen (secondary N) is 1. The molecule has 2 atom stereocenters. The smallest absolute Gasteiger partial charge is 0.211 e. The summed E-state index contributed by atoms with van der Waals surface area (Å²) in [6, 6.07) is 1.69. The number of hydrogen-bond acceptors (Lipinski definition) is 3. The average Bonchev–Trinajstić information content (AvgIpc) is 2.69. The van der Waals surface area contributed by atoms with Crippen molar-refractivity contribution >= 4 is 37.3 Å². The van der Waals surface area contributed by atoms with Crippen LogP contribution in [0.15, 0.2) is 14.7 Å². The summed E-state index contributed by atoms with van der Waals surface area (Å²) in [6.45, 7) is 4.68. The molecule has 1 aliphatic rings. The summed E-state index contributed by atoms with van der Waals surface area (Å²) in [5.41, 5.74) is 0. The van der Waals surface area contributed by atoms with E-state index >= 15 is 0 Å². The predicted octanol–water partition coefficient (Wildman–Crippen LogP) is 4.31. The Morgan fingerprint density at radius 2 is 2.20 bits per heavy atom. The predicted molar refractivity (Wildman–Crippen MR) is 87.7 cm³/mol. The molecule has 1 heterocycles. The van der Waals surface area contributed by atoms with E-state index in [1.807, 2.05) is 6.92 Å². The number of rotatable bonds is 5. The van der Waals surface area contributed by atoms with Gasteiger partial charge in [0.1, 0.15) is 0 Å². The van der Waals surface area contributed by atoms with E-state index in [2.05, 4.69) is 27.6 Å². The standard InChI is InChI=1S/C14H22BrNO2S2/c1-10-4-3-5-12(8-10)6-7-16-20(17,18)13-9-14(15)19-11(13)2/h9-10,12,16H,3-8H2,1-2H3. The number of thiophene rings is 1. The third-order valence-corrected chi connectivity index (χ3v) is 7.29. The van der Waals surface area contributed by atoms with E-state index in [0.29, 0.717) is 17.4 Å². The summed E-state index contributed by atoms with van der Waals surface area (Å²) in [5.74, 6) is 1.47. The van der Waals surface area contributed by atoms with Crippen LogP contribution in [0.5, 0.6) is 0 Å². The number of aryl methyl sites for hydroxylation is 1.